The monoisotopic (exact) mass is 368 g/mol. The van der Waals surface area contributed by atoms with Gasteiger partial charge in [-0.15, -0.1) is 0 Å². The van der Waals surface area contributed by atoms with E-state index >= 15 is 0 Å². The summed E-state index contributed by atoms with van der Waals surface area (Å²) in [6.45, 7) is 0.274. The van der Waals surface area contributed by atoms with Gasteiger partial charge < -0.3 is 23.7 Å². The lowest BCUT2D eigenvalue weighted by atomic mass is 9.76. The highest BCUT2D eigenvalue weighted by Gasteiger charge is 2.39. The van der Waals surface area contributed by atoms with Crippen molar-refractivity contribution < 1.29 is 23.7 Å². The normalized spacial score (nSPS) is 25.5. The first-order valence-corrected chi connectivity index (χ1v) is 9.59. The molecule has 0 bridgehead atoms. The minimum Gasteiger partial charge on any atom is -0.493 e. The van der Waals surface area contributed by atoms with E-state index in [-0.39, 0.29) is 19.0 Å². The van der Waals surface area contributed by atoms with Gasteiger partial charge in [-0.3, -0.25) is 0 Å². The Balaban J connectivity index is 1.64. The van der Waals surface area contributed by atoms with Gasteiger partial charge in [0, 0.05) is 5.92 Å². The quantitative estimate of drug-likeness (QED) is 0.794. The molecule has 2 aromatic carbocycles. The molecule has 3 aliphatic rings. The van der Waals surface area contributed by atoms with Gasteiger partial charge in [-0.25, -0.2) is 0 Å². The van der Waals surface area contributed by atoms with Gasteiger partial charge in [-0.2, -0.15) is 0 Å². The highest BCUT2D eigenvalue weighted by Crippen LogP contribution is 2.50. The summed E-state index contributed by atoms with van der Waals surface area (Å²) in [6.07, 6.45) is 4.80. The molecule has 0 saturated heterocycles. The first-order valence-electron chi connectivity index (χ1n) is 9.59. The molecule has 5 rings (SSSR count). The van der Waals surface area contributed by atoms with Crippen LogP contribution in [0.2, 0.25) is 0 Å². The van der Waals surface area contributed by atoms with Gasteiger partial charge in [0.2, 0.25) is 6.79 Å². The summed E-state index contributed by atoms with van der Waals surface area (Å²) >= 11 is 0. The minimum atomic E-state index is -0.145. The van der Waals surface area contributed by atoms with E-state index in [0.29, 0.717) is 5.92 Å². The maximum atomic E-state index is 6.64. The Morgan fingerprint density at radius 2 is 1.59 bits per heavy atom. The SMILES string of the molecule is COc1cc2c(cc1OC)[C@H]1CCCC[C@@H]1O[C@@H]2c1ccc2c(c1)OCO2. The third kappa shape index (κ3) is 2.72. The van der Waals surface area contributed by atoms with Crippen molar-refractivity contribution in [1.29, 1.82) is 0 Å². The Kier molecular flexibility index (Phi) is 4.12. The van der Waals surface area contributed by atoms with E-state index in [0.717, 1.165) is 47.0 Å². The van der Waals surface area contributed by atoms with Crippen LogP contribution in [0.3, 0.4) is 0 Å². The molecule has 0 aromatic heterocycles. The average molecular weight is 368 g/mol. The summed E-state index contributed by atoms with van der Waals surface area (Å²) in [5, 5.41) is 0. The average Bonchev–Trinajstić information content (AvgIpc) is 3.20. The fraction of sp³-hybridized carbons (Fsp3) is 0.455. The third-order valence-corrected chi connectivity index (χ3v) is 5.98. The zero-order valence-electron chi connectivity index (χ0n) is 15.7. The lowest BCUT2D eigenvalue weighted by molar-refractivity contribution is -0.0391. The van der Waals surface area contributed by atoms with Crippen LogP contribution < -0.4 is 18.9 Å². The van der Waals surface area contributed by atoms with Crippen LogP contribution in [0.5, 0.6) is 23.0 Å². The van der Waals surface area contributed by atoms with Crippen molar-refractivity contribution in [3.8, 4) is 23.0 Å². The highest BCUT2D eigenvalue weighted by molar-refractivity contribution is 5.54. The summed E-state index contributed by atoms with van der Waals surface area (Å²) in [7, 11) is 3.37. The maximum absolute atomic E-state index is 6.64. The van der Waals surface area contributed by atoms with Crippen LogP contribution in [0, 0.1) is 0 Å². The molecule has 1 aliphatic carbocycles. The van der Waals surface area contributed by atoms with E-state index in [1.54, 1.807) is 14.2 Å². The van der Waals surface area contributed by atoms with Gasteiger partial charge in [0.15, 0.2) is 23.0 Å². The largest absolute Gasteiger partial charge is 0.493 e. The zero-order chi connectivity index (χ0) is 18.4. The molecule has 0 unspecified atom stereocenters. The number of ether oxygens (including phenoxy) is 5. The van der Waals surface area contributed by atoms with E-state index in [1.165, 1.54) is 18.4 Å². The Morgan fingerprint density at radius 3 is 2.41 bits per heavy atom. The predicted octanol–water partition coefficient (Wildman–Crippen LogP) is 4.58. The van der Waals surface area contributed by atoms with Crippen LogP contribution in [0.1, 0.15) is 54.4 Å². The summed E-state index contributed by atoms with van der Waals surface area (Å²) in [5.74, 6) is 3.51. The number of benzene rings is 2. The van der Waals surface area contributed by atoms with Gasteiger partial charge in [-0.1, -0.05) is 18.9 Å². The van der Waals surface area contributed by atoms with Crippen LogP contribution in [-0.2, 0) is 4.74 Å². The molecule has 1 saturated carbocycles. The zero-order valence-corrected chi connectivity index (χ0v) is 15.7. The Hall–Kier alpha value is -2.40. The summed E-state index contributed by atoms with van der Waals surface area (Å²) in [4.78, 5) is 0. The number of rotatable bonds is 3. The number of hydrogen-bond donors (Lipinski definition) is 0. The molecule has 5 nitrogen and oxygen atoms in total. The second kappa shape index (κ2) is 6.64. The second-order valence-corrected chi connectivity index (χ2v) is 7.39. The molecule has 2 heterocycles. The van der Waals surface area contributed by atoms with E-state index in [9.17, 15) is 0 Å². The lowest BCUT2D eigenvalue weighted by Gasteiger charge is -2.41. The van der Waals surface area contributed by atoms with Gasteiger partial charge in [-0.05, 0) is 53.8 Å². The second-order valence-electron chi connectivity index (χ2n) is 7.39. The molecular formula is C22H24O5. The summed E-state index contributed by atoms with van der Waals surface area (Å²) in [5.41, 5.74) is 3.57. The topological polar surface area (TPSA) is 46.2 Å². The predicted molar refractivity (Wildman–Crippen MR) is 100 cm³/mol. The van der Waals surface area contributed by atoms with Gasteiger partial charge in [0.05, 0.1) is 20.3 Å². The van der Waals surface area contributed by atoms with Crippen LogP contribution >= 0.6 is 0 Å². The smallest absolute Gasteiger partial charge is 0.231 e. The van der Waals surface area contributed by atoms with E-state index in [2.05, 4.69) is 18.2 Å². The highest BCUT2D eigenvalue weighted by atomic mass is 16.7. The molecule has 0 spiro atoms. The maximum Gasteiger partial charge on any atom is 0.231 e. The number of fused-ring (bicyclic) bond motifs is 4. The molecule has 5 heteroatoms. The molecule has 1 fully saturated rings. The Bertz CT molecular complexity index is 862. The molecule has 142 valence electrons. The van der Waals surface area contributed by atoms with Crippen LogP contribution in [0.4, 0.5) is 0 Å². The first-order chi connectivity index (χ1) is 13.3. The number of hydrogen-bond acceptors (Lipinski definition) is 5. The van der Waals surface area contributed by atoms with Crippen molar-refractivity contribution in [1.82, 2.24) is 0 Å². The van der Waals surface area contributed by atoms with Crippen LogP contribution in [0.25, 0.3) is 0 Å². The van der Waals surface area contributed by atoms with Crippen molar-refractivity contribution in [2.24, 2.45) is 0 Å². The van der Waals surface area contributed by atoms with Gasteiger partial charge in [0.25, 0.3) is 0 Å². The molecular weight excluding hydrogens is 344 g/mol. The molecule has 0 radical (unpaired) electrons. The van der Waals surface area contributed by atoms with Crippen molar-refractivity contribution in [3.05, 3.63) is 47.0 Å². The Morgan fingerprint density at radius 1 is 0.852 bits per heavy atom. The van der Waals surface area contributed by atoms with Crippen molar-refractivity contribution in [2.45, 2.75) is 43.8 Å². The standard InChI is InChI=1S/C22H24O5/c1-23-19-10-15-14-5-3-4-6-17(14)27-22(16(15)11-20(19)24-2)13-7-8-18-21(9-13)26-12-25-18/h7-11,14,17,22H,3-6,12H2,1-2H3/t14-,17+,22-/m1/s1. The molecule has 0 N–H and O–H groups in total. The van der Waals surface area contributed by atoms with Crippen molar-refractivity contribution in [3.63, 3.8) is 0 Å². The van der Waals surface area contributed by atoms with Gasteiger partial charge >= 0.3 is 0 Å². The van der Waals surface area contributed by atoms with E-state index in [1.807, 2.05) is 12.1 Å². The molecule has 27 heavy (non-hydrogen) atoms. The fourth-order valence-electron chi connectivity index (χ4n) is 4.66. The van der Waals surface area contributed by atoms with Crippen LogP contribution in [-0.4, -0.2) is 27.1 Å². The van der Waals surface area contributed by atoms with Crippen molar-refractivity contribution in [2.75, 3.05) is 21.0 Å². The minimum absolute atomic E-state index is 0.145. The molecule has 2 aliphatic heterocycles. The van der Waals surface area contributed by atoms with Gasteiger partial charge in [0.1, 0.15) is 6.10 Å². The fourth-order valence-corrected chi connectivity index (χ4v) is 4.66. The Labute approximate surface area is 159 Å². The van der Waals surface area contributed by atoms with E-state index < -0.39 is 0 Å². The molecule has 3 atom stereocenters. The summed E-state index contributed by atoms with van der Waals surface area (Å²) < 4.78 is 28.8. The van der Waals surface area contributed by atoms with E-state index in [4.69, 9.17) is 23.7 Å². The third-order valence-electron chi connectivity index (χ3n) is 5.98. The first kappa shape index (κ1) is 16.8. The molecule has 0 amide bonds. The van der Waals surface area contributed by atoms with Crippen molar-refractivity contribution >= 4 is 0 Å². The van der Waals surface area contributed by atoms with Crippen LogP contribution in [0.15, 0.2) is 30.3 Å². The number of methoxy groups -OCH3 is 2. The summed E-state index contributed by atoms with van der Waals surface area (Å²) in [6, 6.07) is 10.3. The lowest BCUT2D eigenvalue weighted by Crippen LogP contribution is -2.33. The molecule has 2 aromatic rings.